The van der Waals surface area contributed by atoms with E-state index in [0.29, 0.717) is 43.8 Å². The van der Waals surface area contributed by atoms with E-state index in [1.165, 1.54) is 0 Å². The van der Waals surface area contributed by atoms with Crippen molar-refractivity contribution in [2.45, 2.75) is 31.2 Å². The third-order valence-electron chi connectivity index (χ3n) is 3.86. The van der Waals surface area contributed by atoms with Crippen molar-refractivity contribution in [2.75, 3.05) is 13.2 Å². The van der Waals surface area contributed by atoms with Crippen LogP contribution in [-0.2, 0) is 10.3 Å². The molecule has 0 spiro atoms. The van der Waals surface area contributed by atoms with Crippen LogP contribution in [0.5, 0.6) is 11.5 Å². The molecule has 6 heteroatoms. The molecule has 2 aliphatic rings. The van der Waals surface area contributed by atoms with Crippen molar-refractivity contribution in [3.63, 3.8) is 0 Å². The van der Waals surface area contributed by atoms with Gasteiger partial charge in [0.15, 0.2) is 17.3 Å². The first-order valence-electron chi connectivity index (χ1n) is 6.55. The first kappa shape index (κ1) is 13.4. The molecule has 1 aromatic carbocycles. The summed E-state index contributed by atoms with van der Waals surface area (Å²) in [5, 5.41) is -0.105. The second-order valence-corrected chi connectivity index (χ2v) is 5.40. The number of nitrogens with zero attached hydrogens (tertiary/aromatic N) is 1. The van der Waals surface area contributed by atoms with Crippen molar-refractivity contribution in [2.24, 2.45) is 4.99 Å². The summed E-state index contributed by atoms with van der Waals surface area (Å²) in [4.78, 5) is 14.4. The standard InChI is InChI=1S/C14H13ClFNO3/c15-11-12(16)9(14(17-8-18)3-1-4-14)7-10-13(11)20-6-2-5-19-10/h7H,1-6H2. The third-order valence-corrected chi connectivity index (χ3v) is 4.20. The fourth-order valence-electron chi connectivity index (χ4n) is 2.62. The Morgan fingerprint density at radius 2 is 2.05 bits per heavy atom. The molecule has 1 saturated carbocycles. The zero-order valence-electron chi connectivity index (χ0n) is 10.7. The third kappa shape index (κ3) is 1.98. The number of hydrogen-bond acceptors (Lipinski definition) is 4. The lowest BCUT2D eigenvalue weighted by molar-refractivity contribution is 0.245. The number of isocyanates is 1. The van der Waals surface area contributed by atoms with Gasteiger partial charge in [0.2, 0.25) is 6.08 Å². The molecule has 20 heavy (non-hydrogen) atoms. The van der Waals surface area contributed by atoms with Gasteiger partial charge in [0.05, 0.1) is 13.2 Å². The summed E-state index contributed by atoms with van der Waals surface area (Å²) in [6.45, 7) is 0.918. The summed E-state index contributed by atoms with van der Waals surface area (Å²) >= 11 is 6.06. The molecule has 106 valence electrons. The Bertz CT molecular complexity index is 595. The Morgan fingerprint density at radius 1 is 1.30 bits per heavy atom. The van der Waals surface area contributed by atoms with E-state index in [1.807, 2.05) is 0 Å². The first-order valence-corrected chi connectivity index (χ1v) is 6.93. The van der Waals surface area contributed by atoms with Gasteiger partial charge in [0.25, 0.3) is 0 Å². The summed E-state index contributed by atoms with van der Waals surface area (Å²) in [6.07, 6.45) is 4.35. The number of rotatable bonds is 2. The first-order chi connectivity index (χ1) is 9.68. The summed E-state index contributed by atoms with van der Waals surface area (Å²) < 4.78 is 25.5. The molecule has 0 unspecified atom stereocenters. The molecule has 0 bridgehead atoms. The van der Waals surface area contributed by atoms with Crippen LogP contribution in [0, 0.1) is 5.82 Å². The number of aliphatic imine (C=N–C) groups is 1. The second kappa shape index (κ2) is 5.08. The maximum Gasteiger partial charge on any atom is 0.235 e. The molecule has 1 aliphatic heterocycles. The van der Waals surface area contributed by atoms with E-state index in [-0.39, 0.29) is 10.8 Å². The van der Waals surface area contributed by atoms with Gasteiger partial charge in [-0.2, -0.15) is 4.99 Å². The van der Waals surface area contributed by atoms with Crippen LogP contribution < -0.4 is 9.47 Å². The van der Waals surface area contributed by atoms with Gasteiger partial charge in [0, 0.05) is 12.0 Å². The number of fused-ring (bicyclic) bond motifs is 1. The van der Waals surface area contributed by atoms with Crippen molar-refractivity contribution in [3.8, 4) is 11.5 Å². The van der Waals surface area contributed by atoms with Crippen LogP contribution in [0.25, 0.3) is 0 Å². The van der Waals surface area contributed by atoms with Gasteiger partial charge >= 0.3 is 0 Å². The lowest BCUT2D eigenvalue weighted by Gasteiger charge is -2.37. The average Bonchev–Trinajstić information content (AvgIpc) is 2.64. The normalized spacial score (nSPS) is 19.5. The van der Waals surface area contributed by atoms with Crippen molar-refractivity contribution < 1.29 is 18.7 Å². The van der Waals surface area contributed by atoms with E-state index >= 15 is 0 Å². The van der Waals surface area contributed by atoms with E-state index in [4.69, 9.17) is 21.1 Å². The minimum Gasteiger partial charge on any atom is -0.489 e. The fourth-order valence-corrected chi connectivity index (χ4v) is 2.87. The molecule has 0 amide bonds. The van der Waals surface area contributed by atoms with Gasteiger partial charge in [-0.25, -0.2) is 9.18 Å². The van der Waals surface area contributed by atoms with Crippen LogP contribution in [0.2, 0.25) is 5.02 Å². The van der Waals surface area contributed by atoms with Crippen LogP contribution >= 0.6 is 11.6 Å². The summed E-state index contributed by atoms with van der Waals surface area (Å²) in [5.74, 6) is 0.0564. The largest absolute Gasteiger partial charge is 0.489 e. The monoisotopic (exact) mass is 297 g/mol. The Balaban J connectivity index is 2.15. The highest BCUT2D eigenvalue weighted by Gasteiger charge is 2.42. The van der Waals surface area contributed by atoms with Crippen LogP contribution in [0.15, 0.2) is 11.1 Å². The molecule has 3 rings (SSSR count). The van der Waals surface area contributed by atoms with Crippen LogP contribution in [-0.4, -0.2) is 19.3 Å². The Hall–Kier alpha value is -1.58. The second-order valence-electron chi connectivity index (χ2n) is 5.02. The number of hydrogen-bond donors (Lipinski definition) is 0. The molecule has 0 aromatic heterocycles. The maximum absolute atomic E-state index is 14.5. The SMILES string of the molecule is O=C=NC1(c2cc3c(c(Cl)c2F)OCCCO3)CCC1. The molecule has 1 heterocycles. The van der Waals surface area contributed by atoms with Gasteiger partial charge in [0.1, 0.15) is 10.6 Å². The lowest BCUT2D eigenvalue weighted by atomic mass is 9.72. The average molecular weight is 298 g/mol. The van der Waals surface area contributed by atoms with Crippen LogP contribution in [0.1, 0.15) is 31.2 Å². The number of benzene rings is 1. The Kier molecular flexibility index (Phi) is 3.40. The topological polar surface area (TPSA) is 47.9 Å². The predicted molar refractivity (Wildman–Crippen MR) is 70.7 cm³/mol. The van der Waals surface area contributed by atoms with Gasteiger partial charge in [-0.05, 0) is 25.3 Å². The molecule has 1 aliphatic carbocycles. The lowest BCUT2D eigenvalue weighted by Crippen LogP contribution is -2.33. The van der Waals surface area contributed by atoms with Gasteiger partial charge in [-0.3, -0.25) is 0 Å². The van der Waals surface area contributed by atoms with E-state index in [0.717, 1.165) is 6.42 Å². The molecule has 0 N–H and O–H groups in total. The number of ether oxygens (including phenoxy) is 2. The van der Waals surface area contributed by atoms with E-state index in [9.17, 15) is 9.18 Å². The molecule has 0 atom stereocenters. The van der Waals surface area contributed by atoms with Crippen LogP contribution in [0.4, 0.5) is 4.39 Å². The minimum absolute atomic E-state index is 0.105. The quantitative estimate of drug-likeness (QED) is 0.621. The molecule has 4 nitrogen and oxygen atoms in total. The number of carbonyl (C=O) groups excluding carboxylic acids is 1. The van der Waals surface area contributed by atoms with Crippen molar-refractivity contribution >= 4 is 17.7 Å². The zero-order valence-corrected chi connectivity index (χ0v) is 11.5. The zero-order chi connectivity index (χ0) is 14.2. The van der Waals surface area contributed by atoms with Crippen molar-refractivity contribution in [1.29, 1.82) is 0 Å². The molecule has 1 fully saturated rings. The van der Waals surface area contributed by atoms with Gasteiger partial charge in [-0.1, -0.05) is 11.6 Å². The fraction of sp³-hybridized carbons (Fsp3) is 0.500. The minimum atomic E-state index is -0.847. The number of halogens is 2. The van der Waals surface area contributed by atoms with Gasteiger partial charge in [-0.15, -0.1) is 0 Å². The summed E-state index contributed by atoms with van der Waals surface area (Å²) in [6, 6.07) is 1.56. The Labute approximate surface area is 120 Å². The molecular weight excluding hydrogens is 285 g/mol. The van der Waals surface area contributed by atoms with E-state index in [1.54, 1.807) is 12.1 Å². The molecule has 0 radical (unpaired) electrons. The van der Waals surface area contributed by atoms with Crippen LogP contribution in [0.3, 0.4) is 0 Å². The predicted octanol–water partition coefficient (Wildman–Crippen LogP) is 3.36. The highest BCUT2D eigenvalue weighted by Crippen LogP contribution is 2.50. The summed E-state index contributed by atoms with van der Waals surface area (Å²) in [5.41, 5.74) is -0.554. The highest BCUT2D eigenvalue weighted by atomic mass is 35.5. The smallest absolute Gasteiger partial charge is 0.235 e. The van der Waals surface area contributed by atoms with Gasteiger partial charge < -0.3 is 9.47 Å². The van der Waals surface area contributed by atoms with Crippen molar-refractivity contribution in [3.05, 3.63) is 22.5 Å². The summed E-state index contributed by atoms with van der Waals surface area (Å²) in [7, 11) is 0. The Morgan fingerprint density at radius 3 is 2.70 bits per heavy atom. The van der Waals surface area contributed by atoms with E-state index in [2.05, 4.69) is 4.99 Å². The maximum atomic E-state index is 14.5. The molecular formula is C14H13ClFNO3. The van der Waals surface area contributed by atoms with E-state index < -0.39 is 11.4 Å². The highest BCUT2D eigenvalue weighted by molar-refractivity contribution is 6.32. The molecule has 1 aromatic rings. The van der Waals surface area contributed by atoms with Crippen molar-refractivity contribution in [1.82, 2.24) is 0 Å². The molecule has 0 saturated heterocycles.